The van der Waals surface area contributed by atoms with E-state index in [-0.39, 0.29) is 40.5 Å². The fraction of sp³-hybridized carbons (Fsp3) is 0.783. The fourth-order valence-corrected chi connectivity index (χ4v) is 8.39. The van der Waals surface area contributed by atoms with Crippen LogP contribution in [0.3, 0.4) is 0 Å². The van der Waals surface area contributed by atoms with E-state index in [1.165, 1.54) is 0 Å². The van der Waals surface area contributed by atoms with Gasteiger partial charge in [-0.05, 0) is 50.0 Å². The Balaban J connectivity index is 1.69. The fourth-order valence-electron chi connectivity index (χ4n) is 8.39. The highest BCUT2D eigenvalue weighted by Gasteiger charge is 2.88. The van der Waals surface area contributed by atoms with Gasteiger partial charge in [0.25, 0.3) is 0 Å². The molecule has 3 saturated heterocycles. The lowest BCUT2D eigenvalue weighted by Crippen LogP contribution is -2.86. The van der Waals surface area contributed by atoms with Gasteiger partial charge < -0.3 is 19.3 Å². The average molecular weight is 386 g/mol. The van der Waals surface area contributed by atoms with Crippen LogP contribution in [0.15, 0.2) is 24.3 Å². The highest BCUT2D eigenvalue weighted by molar-refractivity contribution is 6.05. The summed E-state index contributed by atoms with van der Waals surface area (Å²) in [6.45, 7) is 12.8. The van der Waals surface area contributed by atoms with Crippen LogP contribution in [-0.4, -0.2) is 41.3 Å². The first kappa shape index (κ1) is 17.8. The number of ketones is 1. The van der Waals surface area contributed by atoms with E-state index < -0.39 is 23.1 Å². The van der Waals surface area contributed by atoms with Crippen molar-refractivity contribution < 1.29 is 24.1 Å². The van der Waals surface area contributed by atoms with Gasteiger partial charge in [0.05, 0.1) is 12.7 Å². The first-order valence-corrected chi connectivity index (χ1v) is 10.6. The minimum Gasteiger partial charge on any atom is -0.387 e. The summed E-state index contributed by atoms with van der Waals surface area (Å²) >= 11 is 0. The lowest BCUT2D eigenvalue weighted by molar-refractivity contribution is -0.523. The second kappa shape index (κ2) is 4.66. The Morgan fingerprint density at radius 1 is 1.21 bits per heavy atom. The Bertz CT molecular complexity index is 842. The van der Waals surface area contributed by atoms with Crippen LogP contribution in [0.1, 0.15) is 47.0 Å². The van der Waals surface area contributed by atoms with Gasteiger partial charge in [-0.2, -0.15) is 0 Å². The van der Waals surface area contributed by atoms with E-state index in [0.717, 1.165) is 19.3 Å². The topological polar surface area (TPSA) is 65.0 Å². The lowest BCUT2D eigenvalue weighted by atomic mass is 9.37. The highest BCUT2D eigenvalue weighted by Crippen LogP contribution is 2.78. The van der Waals surface area contributed by atoms with Gasteiger partial charge in [0.2, 0.25) is 5.79 Å². The second-order valence-electron chi connectivity index (χ2n) is 11.1. The van der Waals surface area contributed by atoms with E-state index in [0.29, 0.717) is 12.2 Å². The molecule has 0 aromatic carbocycles. The lowest BCUT2D eigenvalue weighted by Gasteiger charge is -2.76. The zero-order valence-corrected chi connectivity index (χ0v) is 17.2. The van der Waals surface area contributed by atoms with Gasteiger partial charge in [-0.15, -0.1) is 0 Å². The van der Waals surface area contributed by atoms with Gasteiger partial charge in [0.15, 0.2) is 11.6 Å². The average Bonchev–Trinajstić information content (AvgIpc) is 2.71. The molecule has 4 aliphatic carbocycles. The predicted molar refractivity (Wildman–Crippen MR) is 101 cm³/mol. The van der Waals surface area contributed by atoms with E-state index in [2.05, 4.69) is 32.6 Å². The number of aliphatic hydroxyl groups is 1. The van der Waals surface area contributed by atoms with E-state index >= 15 is 0 Å². The maximum Gasteiger partial charge on any atom is 0.213 e. The molecule has 3 saturated carbocycles. The molecule has 6 fully saturated rings. The van der Waals surface area contributed by atoms with Crippen molar-refractivity contribution in [2.24, 2.45) is 34.0 Å². The molecule has 5 nitrogen and oxygen atoms in total. The predicted octanol–water partition coefficient (Wildman–Crippen LogP) is 2.98. The number of hydrogen-bond donors (Lipinski definition) is 1. The molecule has 0 aromatic rings. The number of rotatable bonds is 0. The normalized spacial score (nSPS) is 57.1. The number of fused-ring (bicyclic) bond motifs is 1. The minimum atomic E-state index is -1.37. The Labute approximate surface area is 166 Å². The quantitative estimate of drug-likeness (QED) is 0.512. The van der Waals surface area contributed by atoms with Crippen LogP contribution >= 0.6 is 0 Å². The summed E-state index contributed by atoms with van der Waals surface area (Å²) in [5.74, 6) is -2.33. The van der Waals surface area contributed by atoms with Crippen LogP contribution in [0, 0.1) is 34.0 Å². The molecule has 1 N–H and O–H groups in total. The summed E-state index contributed by atoms with van der Waals surface area (Å²) in [6, 6.07) is 0. The Morgan fingerprint density at radius 2 is 1.96 bits per heavy atom. The summed E-state index contributed by atoms with van der Waals surface area (Å²) in [4.78, 5) is 13.9. The van der Waals surface area contributed by atoms with E-state index in [1.54, 1.807) is 0 Å². The monoisotopic (exact) mass is 386 g/mol. The molecule has 3 heterocycles. The summed E-state index contributed by atoms with van der Waals surface area (Å²) in [7, 11) is 0. The van der Waals surface area contributed by atoms with E-state index in [4.69, 9.17) is 14.2 Å². The molecule has 28 heavy (non-hydrogen) atoms. The second-order valence-corrected chi connectivity index (χ2v) is 11.1. The summed E-state index contributed by atoms with van der Waals surface area (Å²) in [5, 5.41) is 11.9. The zero-order chi connectivity index (χ0) is 19.9. The van der Waals surface area contributed by atoms with Crippen molar-refractivity contribution in [3.63, 3.8) is 0 Å². The first-order valence-electron chi connectivity index (χ1n) is 10.6. The number of carbonyl (C=O) groups excluding carboxylic acids is 1. The van der Waals surface area contributed by atoms with Crippen molar-refractivity contribution in [2.75, 3.05) is 6.61 Å². The third kappa shape index (κ3) is 1.53. The molecule has 5 heteroatoms. The SMILES string of the molecule is C=C1C(=O)[C@@]23C4OC(C)(C)OC25OC[C@]2(C=CCC(C)(C)C2[C@@H]5O)C3CC[C@@H]14. The molecule has 152 valence electrons. The third-order valence-corrected chi connectivity index (χ3v) is 9.01. The maximum absolute atomic E-state index is 13.9. The van der Waals surface area contributed by atoms with Crippen molar-refractivity contribution >= 4 is 5.78 Å². The van der Waals surface area contributed by atoms with Crippen LogP contribution in [0.2, 0.25) is 0 Å². The molecular weight excluding hydrogens is 356 g/mol. The summed E-state index contributed by atoms with van der Waals surface area (Å²) < 4.78 is 19.4. The summed E-state index contributed by atoms with van der Waals surface area (Å²) in [6.07, 6.45) is 5.95. The molecule has 7 aliphatic rings. The molecular formula is C23H30O5. The number of allylic oxidation sites excluding steroid dienone is 1. The minimum absolute atomic E-state index is 0.00569. The number of Topliss-reactive ketones (excluding diaryl/α,β-unsaturated/α-hetero) is 1. The Morgan fingerprint density at radius 3 is 2.71 bits per heavy atom. The van der Waals surface area contributed by atoms with Crippen LogP contribution in [0.25, 0.3) is 0 Å². The van der Waals surface area contributed by atoms with Gasteiger partial charge >= 0.3 is 0 Å². The molecule has 4 bridgehead atoms. The van der Waals surface area contributed by atoms with Crippen molar-refractivity contribution in [1.29, 1.82) is 0 Å². The molecule has 7 rings (SSSR count). The molecule has 0 radical (unpaired) electrons. The van der Waals surface area contributed by atoms with Gasteiger partial charge in [-0.25, -0.2) is 0 Å². The molecule has 3 aliphatic heterocycles. The van der Waals surface area contributed by atoms with Gasteiger partial charge in [0, 0.05) is 17.3 Å². The molecule has 4 unspecified atom stereocenters. The Kier molecular flexibility index (Phi) is 2.97. The molecule has 3 spiro atoms. The standard InChI is InChI=1S/C23H30O5/c1-12-13-7-8-14-21-10-6-9-19(2,3)15(21)17(25)23(26-11-21)22(14,16(12)24)18(13)27-20(4,5)28-23/h6,10,13-15,17-18,25H,1,7-9,11H2,2-5H3/t13-,14?,15?,17-,18?,21+,22-,23?/m0/s1. The summed E-state index contributed by atoms with van der Waals surface area (Å²) in [5.41, 5.74) is -0.859. The van der Waals surface area contributed by atoms with Gasteiger partial charge in [0.1, 0.15) is 11.5 Å². The maximum atomic E-state index is 13.9. The number of aliphatic hydroxyl groups excluding tert-OH is 1. The third-order valence-electron chi connectivity index (χ3n) is 9.01. The molecule has 8 atom stereocenters. The number of carbonyl (C=O) groups is 1. The van der Waals surface area contributed by atoms with Crippen molar-refractivity contribution in [2.45, 2.75) is 70.7 Å². The van der Waals surface area contributed by atoms with Gasteiger partial charge in [-0.1, -0.05) is 32.6 Å². The van der Waals surface area contributed by atoms with Crippen molar-refractivity contribution in [3.05, 3.63) is 24.3 Å². The highest BCUT2D eigenvalue weighted by atomic mass is 16.8. The van der Waals surface area contributed by atoms with Crippen LogP contribution < -0.4 is 0 Å². The van der Waals surface area contributed by atoms with E-state index in [1.807, 2.05) is 13.8 Å². The van der Waals surface area contributed by atoms with Crippen LogP contribution in [-0.2, 0) is 19.0 Å². The Hall–Kier alpha value is -1.01. The van der Waals surface area contributed by atoms with E-state index in [9.17, 15) is 9.90 Å². The molecule has 0 amide bonds. The molecule has 0 aromatic heterocycles. The number of hydrogen-bond acceptors (Lipinski definition) is 5. The van der Waals surface area contributed by atoms with Crippen LogP contribution in [0.5, 0.6) is 0 Å². The van der Waals surface area contributed by atoms with Crippen molar-refractivity contribution in [1.82, 2.24) is 0 Å². The zero-order valence-electron chi connectivity index (χ0n) is 17.2. The number of ether oxygens (including phenoxy) is 3. The van der Waals surface area contributed by atoms with Crippen LogP contribution in [0.4, 0.5) is 0 Å². The largest absolute Gasteiger partial charge is 0.387 e. The first-order chi connectivity index (χ1) is 13.0. The van der Waals surface area contributed by atoms with Gasteiger partial charge in [-0.3, -0.25) is 4.79 Å². The van der Waals surface area contributed by atoms with Crippen molar-refractivity contribution in [3.8, 4) is 0 Å². The smallest absolute Gasteiger partial charge is 0.213 e.